The Hall–Kier alpha value is -2.12. The summed E-state index contributed by atoms with van der Waals surface area (Å²) in [5.74, 6) is 0.516. The second-order valence-corrected chi connectivity index (χ2v) is 7.69. The number of fused-ring (bicyclic) bond motifs is 1. The van der Waals surface area contributed by atoms with Crippen molar-refractivity contribution in [3.8, 4) is 5.75 Å². The van der Waals surface area contributed by atoms with E-state index in [1.807, 2.05) is 11.8 Å². The molecule has 4 N–H and O–H groups in total. The van der Waals surface area contributed by atoms with Crippen LogP contribution >= 0.6 is 0 Å². The van der Waals surface area contributed by atoms with Gasteiger partial charge in [0.1, 0.15) is 12.3 Å². The van der Waals surface area contributed by atoms with Crippen LogP contribution in [0.2, 0.25) is 0 Å². The van der Waals surface area contributed by atoms with Gasteiger partial charge >= 0.3 is 0 Å². The maximum Gasteiger partial charge on any atom is 0.251 e. The van der Waals surface area contributed by atoms with Crippen LogP contribution in [-0.4, -0.2) is 29.8 Å². The molecule has 2 aromatic rings. The molecule has 3 atom stereocenters. The van der Waals surface area contributed by atoms with Crippen molar-refractivity contribution in [1.29, 1.82) is 0 Å². The summed E-state index contributed by atoms with van der Waals surface area (Å²) >= 11 is 0. The summed E-state index contributed by atoms with van der Waals surface area (Å²) in [7, 11) is 0. The molecule has 3 heterocycles. The Balaban J connectivity index is 1.81. The number of nitrogens with zero attached hydrogens (tertiary/aromatic N) is 2. The number of aromatic nitrogens is 1. The van der Waals surface area contributed by atoms with Crippen LogP contribution in [0.15, 0.2) is 16.9 Å². The van der Waals surface area contributed by atoms with Gasteiger partial charge in [-0.25, -0.2) is 4.39 Å². The van der Waals surface area contributed by atoms with Crippen molar-refractivity contribution in [2.75, 3.05) is 24.6 Å². The van der Waals surface area contributed by atoms with Gasteiger partial charge in [-0.15, -0.1) is 0 Å². The van der Waals surface area contributed by atoms with Crippen molar-refractivity contribution in [2.45, 2.75) is 31.5 Å². The molecule has 0 radical (unpaired) electrons. The van der Waals surface area contributed by atoms with Crippen molar-refractivity contribution in [3.63, 3.8) is 0 Å². The lowest BCUT2D eigenvalue weighted by molar-refractivity contribution is 0.244. The fraction of sp³-hybridized carbons (Fsp3) is 0.500. The molecule has 5 rings (SSSR count). The standard InChI is InChI=1S/C18H21FN4O2/c1-9-7-25-17-15-12(10(5-20)2-14(24)23(9)15)3-13(19)16(17)22-6-11-4-18(11,21)8-22/h2-3,9,11H,4-8,20-21H2,1H3/t9-,11?,18?/m0/s1. The molecule has 2 unspecified atom stereocenters. The van der Waals surface area contributed by atoms with Gasteiger partial charge in [-0.2, -0.15) is 0 Å². The van der Waals surface area contributed by atoms with Gasteiger partial charge in [0.25, 0.3) is 5.56 Å². The minimum atomic E-state index is -0.346. The van der Waals surface area contributed by atoms with E-state index < -0.39 is 0 Å². The molecule has 3 aliphatic rings. The number of nitrogens with two attached hydrogens (primary N) is 2. The summed E-state index contributed by atoms with van der Waals surface area (Å²) in [5, 5.41) is 0.650. The lowest BCUT2D eigenvalue weighted by Crippen LogP contribution is -2.35. The molecule has 25 heavy (non-hydrogen) atoms. The fourth-order valence-corrected chi connectivity index (χ4v) is 4.51. The molecule has 1 saturated carbocycles. The number of pyridine rings is 1. The molecule has 1 aromatic carbocycles. The van der Waals surface area contributed by atoms with Crippen LogP contribution in [0.5, 0.6) is 5.75 Å². The highest BCUT2D eigenvalue weighted by Gasteiger charge is 2.58. The highest BCUT2D eigenvalue weighted by atomic mass is 19.1. The van der Waals surface area contributed by atoms with E-state index in [-0.39, 0.29) is 29.5 Å². The molecular weight excluding hydrogens is 323 g/mol. The van der Waals surface area contributed by atoms with Gasteiger partial charge < -0.3 is 21.1 Å². The quantitative estimate of drug-likeness (QED) is 0.852. The van der Waals surface area contributed by atoms with Crippen molar-refractivity contribution in [2.24, 2.45) is 17.4 Å². The summed E-state index contributed by atoms with van der Waals surface area (Å²) in [6.45, 7) is 3.79. The topological polar surface area (TPSA) is 86.5 Å². The molecule has 1 saturated heterocycles. The van der Waals surface area contributed by atoms with Crippen LogP contribution in [-0.2, 0) is 6.54 Å². The normalized spacial score (nSPS) is 29.7. The molecule has 0 amide bonds. The number of ether oxygens (including phenoxy) is 1. The monoisotopic (exact) mass is 344 g/mol. The Bertz CT molecular complexity index is 972. The summed E-state index contributed by atoms with van der Waals surface area (Å²) < 4.78 is 22.7. The maximum absolute atomic E-state index is 15.1. The lowest BCUT2D eigenvalue weighted by atomic mass is 10.0. The SMILES string of the molecule is C[C@H]1COc2c(N3CC4CC4(N)C3)c(F)cc3c(CN)cc(=O)n1c23. The van der Waals surface area contributed by atoms with Crippen molar-refractivity contribution >= 4 is 16.6 Å². The van der Waals surface area contributed by atoms with E-state index in [0.717, 1.165) is 13.0 Å². The van der Waals surface area contributed by atoms with E-state index in [0.29, 0.717) is 47.0 Å². The fourth-order valence-electron chi connectivity index (χ4n) is 4.51. The highest BCUT2D eigenvalue weighted by Crippen LogP contribution is 2.52. The molecule has 6 nitrogen and oxygen atoms in total. The van der Waals surface area contributed by atoms with Crippen molar-refractivity contribution in [1.82, 2.24) is 4.57 Å². The first-order chi connectivity index (χ1) is 11.9. The van der Waals surface area contributed by atoms with Gasteiger partial charge in [0.05, 0.1) is 11.6 Å². The Kier molecular flexibility index (Phi) is 2.87. The second-order valence-electron chi connectivity index (χ2n) is 7.69. The molecule has 2 fully saturated rings. The largest absolute Gasteiger partial charge is 0.487 e. The average molecular weight is 344 g/mol. The second kappa shape index (κ2) is 4.74. The zero-order valence-corrected chi connectivity index (χ0v) is 14.1. The summed E-state index contributed by atoms with van der Waals surface area (Å²) in [6.07, 6.45) is 0.994. The smallest absolute Gasteiger partial charge is 0.251 e. The number of hydrogen-bond donors (Lipinski definition) is 2. The molecular formula is C18H21FN4O2. The number of hydrogen-bond acceptors (Lipinski definition) is 5. The third-order valence-electron chi connectivity index (χ3n) is 5.96. The number of anilines is 1. The van der Waals surface area contributed by atoms with Crippen LogP contribution in [0.25, 0.3) is 10.9 Å². The minimum Gasteiger partial charge on any atom is -0.487 e. The van der Waals surface area contributed by atoms with E-state index in [2.05, 4.69) is 0 Å². The van der Waals surface area contributed by atoms with Gasteiger partial charge in [-0.1, -0.05) is 0 Å². The lowest BCUT2D eigenvalue weighted by Gasteiger charge is -2.32. The summed E-state index contributed by atoms with van der Waals surface area (Å²) in [4.78, 5) is 14.6. The van der Waals surface area contributed by atoms with Crippen LogP contribution in [0, 0.1) is 11.7 Å². The first kappa shape index (κ1) is 15.2. The van der Waals surface area contributed by atoms with E-state index in [1.165, 1.54) is 12.1 Å². The number of rotatable bonds is 2. The summed E-state index contributed by atoms with van der Waals surface area (Å²) in [5.41, 5.74) is 13.5. The predicted molar refractivity (Wildman–Crippen MR) is 93.5 cm³/mol. The predicted octanol–water partition coefficient (Wildman–Crippen LogP) is 1.09. The van der Waals surface area contributed by atoms with Gasteiger partial charge in [-0.05, 0) is 30.9 Å². The van der Waals surface area contributed by atoms with Gasteiger partial charge in [0.15, 0.2) is 11.6 Å². The van der Waals surface area contributed by atoms with E-state index in [1.54, 1.807) is 4.57 Å². The van der Waals surface area contributed by atoms with Gasteiger partial charge in [0, 0.05) is 36.6 Å². The Morgan fingerprint density at radius 2 is 2.24 bits per heavy atom. The van der Waals surface area contributed by atoms with Gasteiger partial charge in [-0.3, -0.25) is 9.36 Å². The Labute approximate surface area is 144 Å². The highest BCUT2D eigenvalue weighted by molar-refractivity contribution is 5.94. The zero-order chi connectivity index (χ0) is 17.5. The van der Waals surface area contributed by atoms with Crippen LogP contribution < -0.4 is 26.7 Å². The van der Waals surface area contributed by atoms with Crippen LogP contribution in [0.1, 0.15) is 24.9 Å². The zero-order valence-electron chi connectivity index (χ0n) is 14.1. The first-order valence-corrected chi connectivity index (χ1v) is 8.70. The number of benzene rings is 1. The Morgan fingerprint density at radius 1 is 1.44 bits per heavy atom. The van der Waals surface area contributed by atoms with Crippen molar-refractivity contribution in [3.05, 3.63) is 33.9 Å². The third-order valence-corrected chi connectivity index (χ3v) is 5.96. The van der Waals surface area contributed by atoms with Crippen LogP contribution in [0.3, 0.4) is 0 Å². The summed E-state index contributed by atoms with van der Waals surface area (Å²) in [6, 6.07) is 2.88. The van der Waals surface area contributed by atoms with E-state index in [9.17, 15) is 4.79 Å². The average Bonchev–Trinajstić information content (AvgIpc) is 3.08. The third kappa shape index (κ3) is 1.93. The number of halogens is 1. The molecule has 0 spiro atoms. The molecule has 1 aliphatic carbocycles. The maximum atomic E-state index is 15.1. The Morgan fingerprint density at radius 3 is 2.92 bits per heavy atom. The molecule has 1 aromatic heterocycles. The van der Waals surface area contributed by atoms with E-state index in [4.69, 9.17) is 16.2 Å². The number of piperidine rings is 1. The molecule has 0 bridgehead atoms. The molecule has 7 heteroatoms. The molecule has 2 aliphatic heterocycles. The molecule has 132 valence electrons. The van der Waals surface area contributed by atoms with Gasteiger partial charge in [0.2, 0.25) is 0 Å². The van der Waals surface area contributed by atoms with E-state index >= 15 is 4.39 Å². The first-order valence-electron chi connectivity index (χ1n) is 8.70. The minimum absolute atomic E-state index is 0.111. The van der Waals surface area contributed by atoms with Crippen molar-refractivity contribution < 1.29 is 9.13 Å². The van der Waals surface area contributed by atoms with Crippen LogP contribution in [0.4, 0.5) is 10.1 Å².